The van der Waals surface area contributed by atoms with Crippen LogP contribution in [-0.4, -0.2) is 90.0 Å². The van der Waals surface area contributed by atoms with Crippen LogP contribution in [0.1, 0.15) is 76.8 Å². The molecule has 0 radical (unpaired) electrons. The molecule has 2 aliphatic carbocycles. The molecule has 1 aromatic heterocycles. The lowest BCUT2D eigenvalue weighted by Gasteiger charge is -2.34. The van der Waals surface area contributed by atoms with Gasteiger partial charge in [-0.3, -0.25) is 24.3 Å². The van der Waals surface area contributed by atoms with Crippen LogP contribution in [0.25, 0.3) is 0 Å². The van der Waals surface area contributed by atoms with Crippen molar-refractivity contribution in [2.75, 3.05) is 13.2 Å². The lowest BCUT2D eigenvalue weighted by Crippen LogP contribution is -2.59. The molecule has 3 heterocycles. The van der Waals surface area contributed by atoms with Crippen molar-refractivity contribution in [3.63, 3.8) is 0 Å². The molecule has 0 unspecified atom stereocenters. The minimum atomic E-state index is -4.28. The fraction of sp³-hybridized carbons (Fsp3) is 0.538. The topological polar surface area (TPSA) is 193 Å². The third-order valence-corrected chi connectivity index (χ3v) is 12.1. The zero-order valence-corrected chi connectivity index (χ0v) is 32.3. The van der Waals surface area contributed by atoms with E-state index in [0.717, 1.165) is 30.4 Å². The van der Waals surface area contributed by atoms with E-state index < -0.39 is 69.6 Å². The van der Waals surface area contributed by atoms with Crippen molar-refractivity contribution in [3.8, 4) is 0 Å². The predicted molar refractivity (Wildman–Crippen MR) is 199 cm³/mol. The number of rotatable bonds is 11. The van der Waals surface area contributed by atoms with Gasteiger partial charge in [-0.25, -0.2) is 22.7 Å². The predicted octanol–water partition coefficient (Wildman–Crippen LogP) is 3.79. The number of likely N-dealkylation sites (tertiary alicyclic amines) is 1. The maximum absolute atomic E-state index is 14.7. The molecule has 55 heavy (non-hydrogen) atoms. The zero-order chi connectivity index (χ0) is 39.5. The largest absolute Gasteiger partial charge is 0.449 e. The second-order valence-electron chi connectivity index (χ2n) is 16.2. The molecular formula is C39H50N6O9S. The molecule has 1 saturated heterocycles. The van der Waals surface area contributed by atoms with E-state index in [1.54, 1.807) is 18.5 Å². The van der Waals surface area contributed by atoms with E-state index in [-0.39, 0.29) is 48.8 Å². The molecule has 3 N–H and O–H groups in total. The van der Waals surface area contributed by atoms with Gasteiger partial charge in [0.2, 0.25) is 11.8 Å². The molecule has 296 valence electrons. The average molecular weight is 779 g/mol. The van der Waals surface area contributed by atoms with E-state index in [9.17, 15) is 32.4 Å². The SMILES string of the molecule is C=C[C@@H]1C[C@]1(NC(=O)[C@@H]1C[C@@H](OC(=O)N2Cc3ccncc3C2)CN1C(=O)[C@@H](NC(=O)OCC(C)(C)C)C1CCCCC1)C(=O)NS(=O)(=O)c1ccccc1. The lowest BCUT2D eigenvalue weighted by molar-refractivity contribution is -0.142. The number of carbonyl (C=O) groups is 5. The summed E-state index contributed by atoms with van der Waals surface area (Å²) >= 11 is 0. The van der Waals surface area contributed by atoms with E-state index >= 15 is 0 Å². The Labute approximate surface area is 321 Å². The summed E-state index contributed by atoms with van der Waals surface area (Å²) in [7, 11) is -4.28. The zero-order valence-electron chi connectivity index (χ0n) is 31.5. The normalized spacial score (nSPS) is 24.2. The molecule has 6 rings (SSSR count). The van der Waals surface area contributed by atoms with Gasteiger partial charge < -0.3 is 25.0 Å². The van der Waals surface area contributed by atoms with Gasteiger partial charge in [-0.2, -0.15) is 0 Å². The van der Waals surface area contributed by atoms with Crippen molar-refractivity contribution in [2.24, 2.45) is 17.3 Å². The summed E-state index contributed by atoms with van der Waals surface area (Å²) in [5.41, 5.74) is -0.152. The van der Waals surface area contributed by atoms with Crippen LogP contribution in [0.3, 0.4) is 0 Å². The summed E-state index contributed by atoms with van der Waals surface area (Å²) in [5, 5.41) is 5.55. The fourth-order valence-corrected chi connectivity index (χ4v) is 8.69. The quantitative estimate of drug-likeness (QED) is 0.283. The summed E-state index contributed by atoms with van der Waals surface area (Å²) in [4.78, 5) is 76.1. The van der Waals surface area contributed by atoms with E-state index in [0.29, 0.717) is 19.4 Å². The number of benzene rings is 1. The van der Waals surface area contributed by atoms with Crippen LogP contribution in [0.2, 0.25) is 0 Å². The smallest absolute Gasteiger partial charge is 0.410 e. The Morgan fingerprint density at radius 2 is 1.75 bits per heavy atom. The maximum Gasteiger partial charge on any atom is 0.410 e. The van der Waals surface area contributed by atoms with Gasteiger partial charge in [0, 0.05) is 31.3 Å². The minimum Gasteiger partial charge on any atom is -0.449 e. The number of hydrogen-bond donors (Lipinski definition) is 3. The standard InChI is InChI=1S/C39H50N6O9S/c1-5-28-19-39(28,35(48)43-55(51,52)30-14-10-7-11-15-30)42-33(46)31-18-29(54-37(50)44-21-26-16-17-40-20-27(26)22-44)23-45(31)34(47)32(25-12-8-6-9-13-25)41-36(49)53-24-38(2,3)4/h5,7,10-11,14-17,20,25,28-29,31-32H,1,6,8-9,12-13,18-19,21-24H2,2-4H3,(H,41,49)(H,42,46)(H,43,48)/t28-,29-,31+,32+,39-/m1/s1. The third kappa shape index (κ3) is 9.11. The van der Waals surface area contributed by atoms with Crippen molar-refractivity contribution < 1.29 is 41.9 Å². The highest BCUT2D eigenvalue weighted by molar-refractivity contribution is 7.90. The van der Waals surface area contributed by atoms with Crippen LogP contribution >= 0.6 is 0 Å². The fourth-order valence-electron chi connectivity index (χ4n) is 7.63. The van der Waals surface area contributed by atoms with Crippen LogP contribution < -0.4 is 15.4 Å². The van der Waals surface area contributed by atoms with Gasteiger partial charge >= 0.3 is 12.2 Å². The summed E-state index contributed by atoms with van der Waals surface area (Å²) in [6, 6.07) is 6.93. The van der Waals surface area contributed by atoms with Crippen LogP contribution in [-0.2, 0) is 47.0 Å². The average Bonchev–Trinajstić information content (AvgIpc) is 3.46. The molecule has 4 aliphatic rings. The highest BCUT2D eigenvalue weighted by Crippen LogP contribution is 2.45. The second-order valence-corrected chi connectivity index (χ2v) is 17.8. The van der Waals surface area contributed by atoms with Crippen LogP contribution in [0.4, 0.5) is 9.59 Å². The van der Waals surface area contributed by atoms with Crippen LogP contribution in [0, 0.1) is 17.3 Å². The Balaban J connectivity index is 1.24. The van der Waals surface area contributed by atoms with E-state index in [1.165, 1.54) is 40.1 Å². The maximum atomic E-state index is 14.7. The molecule has 2 aliphatic heterocycles. The number of ether oxygens (including phenoxy) is 2. The molecule has 5 atom stereocenters. The molecule has 2 saturated carbocycles. The number of nitrogens with zero attached hydrogens (tertiary/aromatic N) is 3. The van der Waals surface area contributed by atoms with Gasteiger partial charge in [0.25, 0.3) is 15.9 Å². The van der Waals surface area contributed by atoms with Crippen LogP contribution in [0.15, 0.2) is 66.3 Å². The van der Waals surface area contributed by atoms with E-state index in [4.69, 9.17) is 9.47 Å². The first kappa shape index (κ1) is 39.7. The Hall–Kier alpha value is -4.99. The summed E-state index contributed by atoms with van der Waals surface area (Å²) in [6.07, 6.45) is 6.53. The van der Waals surface area contributed by atoms with E-state index in [2.05, 4.69) is 26.9 Å². The molecule has 3 fully saturated rings. The van der Waals surface area contributed by atoms with Crippen molar-refractivity contribution in [1.82, 2.24) is 30.1 Å². The van der Waals surface area contributed by atoms with Gasteiger partial charge in [0.15, 0.2) is 0 Å². The summed E-state index contributed by atoms with van der Waals surface area (Å²) in [5.74, 6) is -3.05. The van der Waals surface area contributed by atoms with Gasteiger partial charge in [0.1, 0.15) is 23.7 Å². The third-order valence-electron chi connectivity index (χ3n) is 10.7. The number of aromatic nitrogens is 1. The Morgan fingerprint density at radius 3 is 2.40 bits per heavy atom. The van der Waals surface area contributed by atoms with Gasteiger partial charge in [-0.1, -0.05) is 64.3 Å². The number of fused-ring (bicyclic) bond motifs is 1. The van der Waals surface area contributed by atoms with Gasteiger partial charge in [-0.05, 0) is 59.9 Å². The Kier molecular flexibility index (Phi) is 11.6. The first-order chi connectivity index (χ1) is 26.1. The highest BCUT2D eigenvalue weighted by Gasteiger charge is 2.61. The molecule has 5 amide bonds. The number of alkyl carbamates (subject to hydrolysis) is 1. The number of pyridine rings is 1. The van der Waals surface area contributed by atoms with Crippen molar-refractivity contribution >= 4 is 39.9 Å². The van der Waals surface area contributed by atoms with Gasteiger partial charge in [-0.15, -0.1) is 6.58 Å². The molecule has 1 aromatic carbocycles. The number of amides is 5. The van der Waals surface area contributed by atoms with E-state index in [1.807, 2.05) is 26.8 Å². The molecule has 15 nitrogen and oxygen atoms in total. The minimum absolute atomic E-state index is 0.0771. The number of sulfonamides is 1. The molecular weight excluding hydrogens is 729 g/mol. The number of hydrogen-bond acceptors (Lipinski definition) is 10. The first-order valence-corrected chi connectivity index (χ1v) is 20.3. The monoisotopic (exact) mass is 778 g/mol. The van der Waals surface area contributed by atoms with Crippen LogP contribution in [0.5, 0.6) is 0 Å². The second kappa shape index (κ2) is 16.0. The first-order valence-electron chi connectivity index (χ1n) is 18.8. The molecule has 0 bridgehead atoms. The van der Waals surface area contributed by atoms with Crippen molar-refractivity contribution in [2.45, 2.75) is 107 Å². The highest BCUT2D eigenvalue weighted by atomic mass is 32.2. The number of nitrogens with one attached hydrogen (secondary N) is 3. The van der Waals surface area contributed by atoms with Gasteiger partial charge in [0.05, 0.1) is 24.6 Å². The Bertz CT molecular complexity index is 1890. The number of carbonyl (C=O) groups excluding carboxylic acids is 5. The summed E-state index contributed by atoms with van der Waals surface area (Å²) in [6.45, 7) is 10.1. The molecule has 16 heteroatoms. The van der Waals surface area contributed by atoms with Crippen molar-refractivity contribution in [3.05, 3.63) is 72.6 Å². The van der Waals surface area contributed by atoms with Crippen molar-refractivity contribution in [1.29, 1.82) is 0 Å². The lowest BCUT2D eigenvalue weighted by atomic mass is 9.83. The Morgan fingerprint density at radius 1 is 1.04 bits per heavy atom. The summed E-state index contributed by atoms with van der Waals surface area (Å²) < 4.78 is 39.7. The molecule has 2 aromatic rings. The molecule has 0 spiro atoms.